The Labute approximate surface area is 144 Å². The number of benzene rings is 1. The van der Waals surface area contributed by atoms with Gasteiger partial charge in [-0.1, -0.05) is 12.1 Å². The second kappa shape index (κ2) is 6.14. The van der Waals surface area contributed by atoms with Crippen molar-refractivity contribution in [1.29, 1.82) is 0 Å². The van der Waals surface area contributed by atoms with Crippen LogP contribution >= 0.6 is 23.6 Å². The van der Waals surface area contributed by atoms with Gasteiger partial charge in [-0.05, 0) is 44.1 Å². The van der Waals surface area contributed by atoms with Crippen LogP contribution < -0.4 is 0 Å². The monoisotopic (exact) mass is 345 g/mol. The lowest BCUT2D eigenvalue weighted by atomic mass is 10.2. The average Bonchev–Trinajstić information content (AvgIpc) is 3.26. The molecule has 1 aromatic carbocycles. The lowest BCUT2D eigenvalue weighted by Gasteiger charge is -2.22. The van der Waals surface area contributed by atoms with Crippen LogP contribution in [0, 0.1) is 4.77 Å². The van der Waals surface area contributed by atoms with Crippen molar-refractivity contribution in [2.45, 2.75) is 39.0 Å². The minimum atomic E-state index is 0.376. The number of fused-ring (bicyclic) bond motifs is 1. The molecule has 23 heavy (non-hydrogen) atoms. The van der Waals surface area contributed by atoms with E-state index in [-0.39, 0.29) is 0 Å². The maximum absolute atomic E-state index is 5.49. The summed E-state index contributed by atoms with van der Waals surface area (Å²) in [6.45, 7) is 4.76. The summed E-state index contributed by atoms with van der Waals surface area (Å²) in [4.78, 5) is 7.29. The highest BCUT2D eigenvalue weighted by Gasteiger charge is 2.29. The largest absolute Gasteiger partial charge is 0.307 e. The van der Waals surface area contributed by atoms with Crippen LogP contribution in [0.25, 0.3) is 10.2 Å². The predicted octanol–water partition coefficient (Wildman–Crippen LogP) is 3.84. The van der Waals surface area contributed by atoms with Crippen LogP contribution in [0.4, 0.5) is 0 Å². The third-order valence-electron chi connectivity index (χ3n) is 4.41. The van der Waals surface area contributed by atoms with E-state index in [1.54, 1.807) is 0 Å². The molecule has 5 nitrogen and oxygen atoms in total. The molecule has 1 aliphatic rings. The fraction of sp³-hybridized carbons (Fsp3) is 0.438. The molecule has 0 saturated carbocycles. The Kier molecular flexibility index (Phi) is 4.00. The molecule has 7 heteroatoms. The van der Waals surface area contributed by atoms with Crippen molar-refractivity contribution >= 4 is 33.8 Å². The van der Waals surface area contributed by atoms with E-state index in [4.69, 9.17) is 17.2 Å². The molecule has 0 unspecified atom stereocenters. The molecule has 0 radical (unpaired) electrons. The standard InChI is InChI=1S/C16H19N5S2/c1-2-19-10-17-21(16(19)22)11-20-9-5-7-13(20)15-18-12-6-3-4-8-14(12)23-15/h3-4,6,8,10,13H,2,5,7,9,11H2,1H3/t13-/m0/s1. The molecule has 1 atom stereocenters. The number of hydrogen-bond donors (Lipinski definition) is 0. The van der Waals surface area contributed by atoms with E-state index in [9.17, 15) is 0 Å². The highest BCUT2D eigenvalue weighted by atomic mass is 32.1. The van der Waals surface area contributed by atoms with E-state index >= 15 is 0 Å². The SMILES string of the molecule is CCn1cnn(CN2CCC[C@H]2c2nc3ccccc3s2)c1=S. The van der Waals surface area contributed by atoms with Crippen molar-refractivity contribution in [3.05, 3.63) is 40.4 Å². The number of thiazole rings is 1. The second-order valence-electron chi connectivity index (χ2n) is 5.83. The zero-order valence-electron chi connectivity index (χ0n) is 13.1. The quantitative estimate of drug-likeness (QED) is 0.674. The summed E-state index contributed by atoms with van der Waals surface area (Å²) in [6, 6.07) is 8.74. The van der Waals surface area contributed by atoms with Gasteiger partial charge < -0.3 is 4.57 Å². The van der Waals surface area contributed by atoms with E-state index in [1.165, 1.54) is 16.1 Å². The molecule has 0 bridgehead atoms. The molecule has 1 aliphatic heterocycles. The molecule has 0 spiro atoms. The fourth-order valence-electron chi connectivity index (χ4n) is 3.17. The van der Waals surface area contributed by atoms with Gasteiger partial charge in [-0.15, -0.1) is 11.3 Å². The van der Waals surface area contributed by atoms with Gasteiger partial charge in [0.2, 0.25) is 0 Å². The Morgan fingerprint density at radius 1 is 1.35 bits per heavy atom. The first-order valence-corrected chi connectivity index (χ1v) is 9.20. The van der Waals surface area contributed by atoms with Crippen molar-refractivity contribution in [3.63, 3.8) is 0 Å². The summed E-state index contributed by atoms with van der Waals surface area (Å²) >= 11 is 7.30. The van der Waals surface area contributed by atoms with E-state index < -0.39 is 0 Å². The van der Waals surface area contributed by atoms with Crippen molar-refractivity contribution in [2.75, 3.05) is 6.54 Å². The molecule has 1 fully saturated rings. The minimum Gasteiger partial charge on any atom is -0.307 e. The van der Waals surface area contributed by atoms with Crippen LogP contribution in [-0.2, 0) is 13.2 Å². The van der Waals surface area contributed by atoms with E-state index in [0.717, 1.165) is 36.5 Å². The van der Waals surface area contributed by atoms with Crippen LogP contribution in [0.3, 0.4) is 0 Å². The van der Waals surface area contributed by atoms with E-state index in [0.29, 0.717) is 6.04 Å². The van der Waals surface area contributed by atoms with E-state index in [1.807, 2.05) is 26.9 Å². The first-order valence-electron chi connectivity index (χ1n) is 7.98. The second-order valence-corrected chi connectivity index (χ2v) is 7.26. The van der Waals surface area contributed by atoms with Gasteiger partial charge in [0.1, 0.15) is 11.3 Å². The highest BCUT2D eigenvalue weighted by Crippen LogP contribution is 2.36. The summed E-state index contributed by atoms with van der Waals surface area (Å²) in [5.74, 6) is 0. The lowest BCUT2D eigenvalue weighted by molar-refractivity contribution is 0.189. The molecular weight excluding hydrogens is 326 g/mol. The maximum atomic E-state index is 5.49. The van der Waals surface area contributed by atoms with Gasteiger partial charge >= 0.3 is 0 Å². The van der Waals surface area contributed by atoms with Crippen LogP contribution in [0.2, 0.25) is 0 Å². The predicted molar refractivity (Wildman–Crippen MR) is 95.0 cm³/mol. The number of likely N-dealkylation sites (tertiary alicyclic amines) is 1. The summed E-state index contributed by atoms with van der Waals surface area (Å²) in [7, 11) is 0. The van der Waals surface area contributed by atoms with Gasteiger partial charge in [-0.25, -0.2) is 9.67 Å². The average molecular weight is 345 g/mol. The number of rotatable bonds is 4. The molecule has 4 rings (SSSR count). The van der Waals surface area contributed by atoms with Gasteiger partial charge in [0.25, 0.3) is 0 Å². The van der Waals surface area contributed by atoms with Gasteiger partial charge in [-0.2, -0.15) is 5.10 Å². The molecule has 0 N–H and O–H groups in total. The summed E-state index contributed by atoms with van der Waals surface area (Å²) in [5.41, 5.74) is 1.10. The smallest absolute Gasteiger partial charge is 0.198 e. The first kappa shape index (κ1) is 15.0. The van der Waals surface area contributed by atoms with Crippen molar-refractivity contribution in [3.8, 4) is 0 Å². The maximum Gasteiger partial charge on any atom is 0.198 e. The van der Waals surface area contributed by atoms with Crippen LogP contribution in [0.15, 0.2) is 30.6 Å². The van der Waals surface area contributed by atoms with Crippen LogP contribution in [0.1, 0.15) is 30.8 Å². The van der Waals surface area contributed by atoms with Gasteiger partial charge in [0.15, 0.2) is 4.77 Å². The van der Waals surface area contributed by atoms with Crippen LogP contribution in [-0.4, -0.2) is 30.8 Å². The molecule has 120 valence electrons. The van der Waals surface area contributed by atoms with Crippen molar-refractivity contribution in [2.24, 2.45) is 0 Å². The molecular formula is C16H19N5S2. The van der Waals surface area contributed by atoms with Gasteiger partial charge in [-0.3, -0.25) is 4.90 Å². The van der Waals surface area contributed by atoms with Gasteiger partial charge in [0, 0.05) is 13.1 Å². The number of para-hydroxylation sites is 1. The third-order valence-corrected chi connectivity index (χ3v) is 6.00. The summed E-state index contributed by atoms with van der Waals surface area (Å²) in [6.07, 6.45) is 4.18. The fourth-order valence-corrected chi connectivity index (χ4v) is 4.58. The Morgan fingerprint density at radius 2 is 2.22 bits per heavy atom. The number of nitrogens with zero attached hydrogens (tertiary/aromatic N) is 5. The van der Waals surface area contributed by atoms with Crippen LogP contribution in [0.5, 0.6) is 0 Å². The molecule has 0 amide bonds. The zero-order valence-corrected chi connectivity index (χ0v) is 14.7. The molecule has 3 heterocycles. The Hall–Kier alpha value is -1.57. The third kappa shape index (κ3) is 2.73. The molecule has 1 saturated heterocycles. The highest BCUT2D eigenvalue weighted by molar-refractivity contribution is 7.71. The molecule has 0 aliphatic carbocycles. The van der Waals surface area contributed by atoms with Crippen molar-refractivity contribution < 1.29 is 0 Å². The first-order chi connectivity index (χ1) is 11.3. The lowest BCUT2D eigenvalue weighted by Crippen LogP contribution is -2.27. The Bertz CT molecular complexity index is 845. The summed E-state index contributed by atoms with van der Waals surface area (Å²) in [5, 5.41) is 5.65. The molecule has 2 aromatic heterocycles. The zero-order chi connectivity index (χ0) is 15.8. The minimum absolute atomic E-state index is 0.376. The van der Waals surface area contributed by atoms with E-state index in [2.05, 4.69) is 41.2 Å². The summed E-state index contributed by atoms with van der Waals surface area (Å²) < 4.78 is 5.98. The number of aromatic nitrogens is 4. The topological polar surface area (TPSA) is 38.9 Å². The Morgan fingerprint density at radius 3 is 3.00 bits per heavy atom. The number of hydrogen-bond acceptors (Lipinski definition) is 5. The van der Waals surface area contributed by atoms with Gasteiger partial charge in [0.05, 0.1) is 22.9 Å². The Balaban J connectivity index is 1.61. The normalized spacial score (nSPS) is 18.9. The molecule has 3 aromatic rings. The number of aryl methyl sites for hydroxylation is 1. The van der Waals surface area contributed by atoms with Crippen molar-refractivity contribution in [1.82, 2.24) is 24.2 Å².